The van der Waals surface area contributed by atoms with Crippen molar-refractivity contribution in [3.63, 3.8) is 0 Å². The van der Waals surface area contributed by atoms with Gasteiger partial charge in [-0.15, -0.1) is 6.42 Å². The number of benzene rings is 4. The average Bonchev–Trinajstić information content (AvgIpc) is 3.36. The predicted octanol–water partition coefficient (Wildman–Crippen LogP) is 10.1. The van der Waals surface area contributed by atoms with Gasteiger partial charge in [0.05, 0.1) is 17.4 Å². The number of hydrogen-bond acceptors (Lipinski definition) is 8. The molecule has 3 aliphatic carbocycles. The summed E-state index contributed by atoms with van der Waals surface area (Å²) in [5.41, 5.74) is 4.57. The second-order valence-corrected chi connectivity index (χ2v) is 17.0. The summed E-state index contributed by atoms with van der Waals surface area (Å²) in [6, 6.07) is 29.6. The van der Waals surface area contributed by atoms with Crippen LogP contribution in [0.1, 0.15) is 127 Å². The van der Waals surface area contributed by atoms with Crippen LogP contribution in [0, 0.1) is 71.5 Å². The van der Waals surface area contributed by atoms with Gasteiger partial charge in [-0.3, -0.25) is 9.59 Å². The third-order valence-electron chi connectivity index (χ3n) is 12.7. The summed E-state index contributed by atoms with van der Waals surface area (Å²) in [5, 5.41) is 0. The molecule has 0 atom stereocenters. The fourth-order valence-electron chi connectivity index (χ4n) is 8.82. The standard InChI is InChI=1S/C57H52O8/c1-3-41-10-12-42(13-11-41)14-15-43-16-18-44(19-17-43)20-21-45-22-24-46(25-23-45)34-37-57(38-35-48(36-39-57)47-8-6-5-7-9-47)65-56(61)51-30-32-52(33-31-51)64-55(60)50-28-26-49(27-29-50)54(59)63-40-62-53(58)4-2/h1,4,10-13,16-19,22-25,30-33,47-50H,2,5-9,26-29,35-36,38-40H2. The molecule has 4 aromatic carbocycles. The second-order valence-electron chi connectivity index (χ2n) is 17.0. The molecular formula is C57H52O8. The molecule has 0 aromatic heterocycles. The number of carbonyl (C=O) groups excluding carboxylic acids is 4. The molecule has 4 aromatic rings. The Morgan fingerprint density at radius 2 is 1.03 bits per heavy atom. The van der Waals surface area contributed by atoms with Gasteiger partial charge in [0.25, 0.3) is 0 Å². The minimum atomic E-state index is -0.934. The van der Waals surface area contributed by atoms with Gasteiger partial charge in [0.15, 0.2) is 5.60 Å². The first-order valence-electron chi connectivity index (χ1n) is 22.5. The number of terminal acetylenes is 1. The molecule has 0 heterocycles. The molecule has 3 fully saturated rings. The molecule has 0 spiro atoms. The van der Waals surface area contributed by atoms with Crippen molar-refractivity contribution in [1.82, 2.24) is 0 Å². The van der Waals surface area contributed by atoms with Gasteiger partial charge in [-0.2, -0.15) is 0 Å². The molecule has 7 rings (SSSR count). The zero-order valence-electron chi connectivity index (χ0n) is 36.6. The summed E-state index contributed by atoms with van der Waals surface area (Å²) in [7, 11) is 0. The first kappa shape index (κ1) is 45.8. The van der Waals surface area contributed by atoms with E-state index in [9.17, 15) is 19.2 Å². The van der Waals surface area contributed by atoms with E-state index in [2.05, 4.69) is 48.0 Å². The highest BCUT2D eigenvalue weighted by molar-refractivity contribution is 5.90. The first-order chi connectivity index (χ1) is 31.7. The minimum absolute atomic E-state index is 0.316. The largest absolute Gasteiger partial charge is 0.442 e. The number of ether oxygens (including phenoxy) is 4. The third-order valence-corrected chi connectivity index (χ3v) is 12.7. The van der Waals surface area contributed by atoms with Crippen LogP contribution < -0.4 is 4.74 Å². The summed E-state index contributed by atoms with van der Waals surface area (Å²) in [5.74, 6) is 21.0. The van der Waals surface area contributed by atoms with Crippen molar-refractivity contribution in [3.8, 4) is 53.6 Å². The van der Waals surface area contributed by atoms with Crippen LogP contribution in [0.25, 0.3) is 0 Å². The van der Waals surface area contributed by atoms with Crippen LogP contribution in [0.4, 0.5) is 0 Å². The van der Waals surface area contributed by atoms with E-state index < -0.39 is 36.3 Å². The molecule has 3 aliphatic rings. The van der Waals surface area contributed by atoms with Crippen molar-refractivity contribution >= 4 is 23.9 Å². The van der Waals surface area contributed by atoms with Gasteiger partial charge in [0, 0.05) is 39.5 Å². The second kappa shape index (κ2) is 22.4. The lowest BCUT2D eigenvalue weighted by Crippen LogP contribution is -2.39. The highest BCUT2D eigenvalue weighted by Gasteiger charge is 2.40. The van der Waals surface area contributed by atoms with Crippen molar-refractivity contribution in [1.29, 1.82) is 0 Å². The van der Waals surface area contributed by atoms with Crippen molar-refractivity contribution < 1.29 is 38.1 Å². The zero-order valence-corrected chi connectivity index (χ0v) is 36.6. The number of esters is 4. The molecule has 0 bridgehead atoms. The molecular weight excluding hydrogens is 813 g/mol. The average molecular weight is 865 g/mol. The normalized spacial score (nSPS) is 20.3. The third kappa shape index (κ3) is 13.1. The van der Waals surface area contributed by atoms with Crippen LogP contribution in [0.2, 0.25) is 0 Å². The number of hydrogen-bond donors (Lipinski definition) is 0. The molecule has 0 amide bonds. The molecule has 0 saturated heterocycles. The lowest BCUT2D eigenvalue weighted by molar-refractivity contribution is -0.169. The smallest absolute Gasteiger partial charge is 0.339 e. The molecule has 8 heteroatoms. The molecule has 0 aliphatic heterocycles. The Hall–Kier alpha value is -7.26. The summed E-state index contributed by atoms with van der Waals surface area (Å²) in [4.78, 5) is 50.4. The van der Waals surface area contributed by atoms with Crippen LogP contribution in [-0.2, 0) is 28.6 Å². The van der Waals surface area contributed by atoms with Gasteiger partial charge in [-0.1, -0.05) is 74.2 Å². The van der Waals surface area contributed by atoms with E-state index in [0.717, 1.165) is 58.2 Å². The Bertz CT molecular complexity index is 2560. The molecule has 0 unspecified atom stereocenters. The molecule has 3 saturated carbocycles. The maximum atomic E-state index is 13.8. The van der Waals surface area contributed by atoms with E-state index in [-0.39, 0.29) is 11.8 Å². The fourth-order valence-corrected chi connectivity index (χ4v) is 8.82. The van der Waals surface area contributed by atoms with E-state index in [1.54, 1.807) is 24.3 Å². The Morgan fingerprint density at radius 3 is 1.52 bits per heavy atom. The Kier molecular flexibility index (Phi) is 15.8. The SMILES string of the molecule is C#Cc1ccc(C#Cc2ccc(C#Cc3ccc(C#CC4(OC(=O)c5ccc(OC(=O)C6CCC(C(=O)OCOC(=O)C=C)CC6)cc5)CCC(C5CCCCC5)CC4)cc3)cc2)cc1. The van der Waals surface area contributed by atoms with Crippen LogP contribution in [0.5, 0.6) is 5.75 Å². The van der Waals surface area contributed by atoms with Gasteiger partial charge in [0.1, 0.15) is 5.75 Å². The maximum absolute atomic E-state index is 13.8. The summed E-state index contributed by atoms with van der Waals surface area (Å²) < 4.78 is 21.8. The van der Waals surface area contributed by atoms with Crippen molar-refractivity contribution in [2.75, 3.05) is 6.79 Å². The predicted molar refractivity (Wildman–Crippen MR) is 248 cm³/mol. The van der Waals surface area contributed by atoms with E-state index >= 15 is 0 Å². The monoisotopic (exact) mass is 864 g/mol. The Morgan fingerprint density at radius 1 is 0.569 bits per heavy atom. The van der Waals surface area contributed by atoms with Gasteiger partial charge in [-0.05, 0) is 166 Å². The van der Waals surface area contributed by atoms with Crippen molar-refractivity contribution in [3.05, 3.63) is 149 Å². The lowest BCUT2D eigenvalue weighted by atomic mass is 9.69. The van der Waals surface area contributed by atoms with Crippen LogP contribution in [-0.4, -0.2) is 36.3 Å². The van der Waals surface area contributed by atoms with E-state index in [1.165, 1.54) is 32.1 Å². The van der Waals surface area contributed by atoms with Gasteiger partial charge in [-0.25, -0.2) is 9.59 Å². The van der Waals surface area contributed by atoms with Crippen LogP contribution >= 0.6 is 0 Å². The summed E-state index contributed by atoms with van der Waals surface area (Å²) >= 11 is 0. The molecule has 0 radical (unpaired) electrons. The van der Waals surface area contributed by atoms with Crippen LogP contribution in [0.3, 0.4) is 0 Å². The molecule has 0 N–H and O–H groups in total. The minimum Gasteiger partial charge on any atom is -0.442 e. The topological polar surface area (TPSA) is 105 Å². The van der Waals surface area contributed by atoms with E-state index in [4.69, 9.17) is 25.4 Å². The Labute approximate surface area is 382 Å². The van der Waals surface area contributed by atoms with Crippen LogP contribution in [0.15, 0.2) is 110 Å². The molecule has 328 valence electrons. The fraction of sp³-hybridized carbons (Fsp3) is 0.333. The number of rotatable bonds is 9. The quantitative estimate of drug-likeness (QED) is 0.0539. The van der Waals surface area contributed by atoms with Crippen molar-refractivity contribution in [2.45, 2.75) is 89.1 Å². The first-order valence-corrected chi connectivity index (χ1v) is 22.5. The van der Waals surface area contributed by atoms with Gasteiger partial charge >= 0.3 is 23.9 Å². The molecule has 65 heavy (non-hydrogen) atoms. The maximum Gasteiger partial charge on any atom is 0.339 e. The summed E-state index contributed by atoms with van der Waals surface area (Å²) in [6.45, 7) is 2.83. The number of carbonyl (C=O) groups is 4. The zero-order chi connectivity index (χ0) is 45.4. The molecule has 8 nitrogen and oxygen atoms in total. The van der Waals surface area contributed by atoms with Crippen molar-refractivity contribution in [2.24, 2.45) is 23.7 Å². The van der Waals surface area contributed by atoms with Gasteiger partial charge < -0.3 is 18.9 Å². The van der Waals surface area contributed by atoms with E-state index in [1.807, 2.05) is 72.8 Å². The highest BCUT2D eigenvalue weighted by Crippen LogP contribution is 2.43. The van der Waals surface area contributed by atoms with Gasteiger partial charge in [0.2, 0.25) is 6.79 Å². The summed E-state index contributed by atoms with van der Waals surface area (Å²) in [6.07, 6.45) is 17.9. The Balaban J connectivity index is 0.953. The van der Waals surface area contributed by atoms with E-state index in [0.29, 0.717) is 55.8 Å². The lowest BCUT2D eigenvalue weighted by Gasteiger charge is -2.40. The highest BCUT2D eigenvalue weighted by atomic mass is 16.7.